The number of hydrogen-bond donors (Lipinski definition) is 1. The van der Waals surface area contributed by atoms with Crippen molar-refractivity contribution in [3.8, 4) is 5.75 Å². The van der Waals surface area contributed by atoms with Crippen LogP contribution in [0.25, 0.3) is 0 Å². The molecule has 1 unspecified atom stereocenters. The van der Waals surface area contributed by atoms with Gasteiger partial charge in [0, 0.05) is 17.6 Å². The normalized spacial score (nSPS) is 12.2. The average Bonchev–Trinajstić information content (AvgIpc) is 2.48. The number of nitrogens with one attached hydrogen (secondary N) is 1. The second kappa shape index (κ2) is 7.48. The van der Waals surface area contributed by atoms with Gasteiger partial charge in [-0.1, -0.05) is 42.8 Å². The van der Waals surface area contributed by atoms with Gasteiger partial charge in [-0.05, 0) is 48.2 Å². The third-order valence-corrected chi connectivity index (χ3v) is 3.91. The molecule has 0 heterocycles. The van der Waals surface area contributed by atoms with E-state index in [1.54, 1.807) is 7.11 Å². The van der Waals surface area contributed by atoms with Crippen LogP contribution in [0.2, 0.25) is 5.02 Å². The van der Waals surface area contributed by atoms with Crippen LogP contribution in [0, 0.1) is 6.92 Å². The van der Waals surface area contributed by atoms with Gasteiger partial charge in [0.2, 0.25) is 0 Å². The van der Waals surface area contributed by atoms with Crippen LogP contribution in [0.15, 0.2) is 42.5 Å². The van der Waals surface area contributed by atoms with Crippen molar-refractivity contribution in [2.24, 2.45) is 0 Å². The molecule has 1 atom stereocenters. The van der Waals surface area contributed by atoms with Crippen LogP contribution in [-0.2, 0) is 6.54 Å². The zero-order valence-corrected chi connectivity index (χ0v) is 13.6. The van der Waals surface area contributed by atoms with Crippen molar-refractivity contribution in [2.45, 2.75) is 32.9 Å². The first-order valence-corrected chi connectivity index (χ1v) is 7.64. The molecule has 0 saturated carbocycles. The predicted octanol–water partition coefficient (Wildman–Crippen LogP) is 4.90. The fourth-order valence-corrected chi connectivity index (χ4v) is 2.71. The van der Waals surface area contributed by atoms with Crippen LogP contribution in [-0.4, -0.2) is 7.11 Å². The van der Waals surface area contributed by atoms with Crippen molar-refractivity contribution in [3.05, 3.63) is 64.2 Å². The summed E-state index contributed by atoms with van der Waals surface area (Å²) in [6.07, 6.45) is 1.02. The molecule has 0 fully saturated rings. The van der Waals surface area contributed by atoms with Crippen molar-refractivity contribution in [1.29, 1.82) is 0 Å². The molecular weight excluding hydrogens is 282 g/mol. The number of benzene rings is 2. The average molecular weight is 304 g/mol. The van der Waals surface area contributed by atoms with Crippen LogP contribution in [0.3, 0.4) is 0 Å². The molecule has 2 rings (SSSR count). The molecule has 2 aromatic carbocycles. The lowest BCUT2D eigenvalue weighted by Gasteiger charge is -2.18. The van der Waals surface area contributed by atoms with E-state index in [9.17, 15) is 0 Å². The van der Waals surface area contributed by atoms with Gasteiger partial charge < -0.3 is 10.1 Å². The van der Waals surface area contributed by atoms with Gasteiger partial charge in [0.15, 0.2) is 0 Å². The van der Waals surface area contributed by atoms with E-state index in [4.69, 9.17) is 16.3 Å². The molecule has 0 radical (unpaired) electrons. The molecule has 0 spiro atoms. The molecule has 0 amide bonds. The summed E-state index contributed by atoms with van der Waals surface area (Å²) in [6, 6.07) is 14.6. The second-order valence-corrected chi connectivity index (χ2v) is 5.64. The van der Waals surface area contributed by atoms with Crippen molar-refractivity contribution in [3.63, 3.8) is 0 Å². The van der Waals surface area contributed by atoms with Gasteiger partial charge in [0.05, 0.1) is 7.11 Å². The number of methoxy groups -OCH3 is 1. The minimum absolute atomic E-state index is 0.311. The van der Waals surface area contributed by atoms with Gasteiger partial charge in [0.25, 0.3) is 0 Å². The van der Waals surface area contributed by atoms with E-state index < -0.39 is 0 Å². The van der Waals surface area contributed by atoms with E-state index in [0.717, 1.165) is 29.3 Å². The standard InChI is InChI=1S/C18H22ClNO/c1-4-17(15-6-5-7-16(19)11-15)20-12-14-8-9-18(21-3)13(2)10-14/h5-11,17,20H,4,12H2,1-3H3. The second-order valence-electron chi connectivity index (χ2n) is 5.20. The molecule has 112 valence electrons. The molecule has 0 bridgehead atoms. The summed E-state index contributed by atoms with van der Waals surface area (Å²) in [5.41, 5.74) is 3.65. The Bertz CT molecular complexity index is 598. The summed E-state index contributed by atoms with van der Waals surface area (Å²) < 4.78 is 5.29. The number of ether oxygens (including phenoxy) is 1. The summed E-state index contributed by atoms with van der Waals surface area (Å²) in [6.45, 7) is 5.07. The van der Waals surface area contributed by atoms with Crippen molar-refractivity contribution >= 4 is 11.6 Å². The van der Waals surface area contributed by atoms with Crippen LogP contribution in [0.4, 0.5) is 0 Å². The SMILES string of the molecule is CCC(NCc1ccc(OC)c(C)c1)c1cccc(Cl)c1. The van der Waals surface area contributed by atoms with E-state index in [-0.39, 0.29) is 0 Å². The van der Waals surface area contributed by atoms with E-state index in [2.05, 4.69) is 37.4 Å². The number of halogens is 1. The first-order valence-electron chi connectivity index (χ1n) is 7.26. The minimum Gasteiger partial charge on any atom is -0.496 e. The highest BCUT2D eigenvalue weighted by Crippen LogP contribution is 2.22. The Morgan fingerprint density at radius 3 is 2.62 bits per heavy atom. The minimum atomic E-state index is 0.311. The molecular formula is C18H22ClNO. The summed E-state index contributed by atoms with van der Waals surface area (Å²) in [5, 5.41) is 4.38. The third-order valence-electron chi connectivity index (χ3n) is 3.67. The van der Waals surface area contributed by atoms with Crippen LogP contribution in [0.5, 0.6) is 5.75 Å². The Labute approximate surface area is 132 Å². The molecule has 1 N–H and O–H groups in total. The summed E-state index contributed by atoms with van der Waals surface area (Å²) in [7, 11) is 1.70. The summed E-state index contributed by atoms with van der Waals surface area (Å²) in [4.78, 5) is 0. The van der Waals surface area contributed by atoms with Crippen molar-refractivity contribution in [1.82, 2.24) is 5.32 Å². The van der Waals surface area contributed by atoms with Crippen molar-refractivity contribution < 1.29 is 4.74 Å². The highest BCUT2D eigenvalue weighted by Gasteiger charge is 2.09. The maximum Gasteiger partial charge on any atom is 0.121 e. The molecule has 21 heavy (non-hydrogen) atoms. The number of hydrogen-bond acceptors (Lipinski definition) is 2. The molecule has 0 aromatic heterocycles. The monoisotopic (exact) mass is 303 g/mol. The molecule has 0 aliphatic rings. The third kappa shape index (κ3) is 4.23. The first kappa shape index (κ1) is 15.9. The van der Waals surface area contributed by atoms with Crippen molar-refractivity contribution in [2.75, 3.05) is 7.11 Å². The van der Waals surface area contributed by atoms with E-state index in [1.165, 1.54) is 11.1 Å². The van der Waals surface area contributed by atoms with Gasteiger partial charge in [-0.3, -0.25) is 0 Å². The molecule has 2 nitrogen and oxygen atoms in total. The molecule has 0 saturated heterocycles. The number of rotatable bonds is 6. The quantitative estimate of drug-likeness (QED) is 0.819. The fourth-order valence-electron chi connectivity index (χ4n) is 2.51. The Morgan fingerprint density at radius 1 is 1.19 bits per heavy atom. The Balaban J connectivity index is 2.05. The maximum atomic E-state index is 6.08. The maximum absolute atomic E-state index is 6.08. The van der Waals surface area contributed by atoms with Crippen LogP contribution in [0.1, 0.15) is 36.1 Å². The first-order chi connectivity index (χ1) is 10.1. The lowest BCUT2D eigenvalue weighted by Crippen LogP contribution is -2.20. The van der Waals surface area contributed by atoms with Crippen LogP contribution < -0.4 is 10.1 Å². The molecule has 0 aliphatic heterocycles. The Kier molecular flexibility index (Phi) is 5.66. The highest BCUT2D eigenvalue weighted by molar-refractivity contribution is 6.30. The molecule has 3 heteroatoms. The largest absolute Gasteiger partial charge is 0.496 e. The molecule has 2 aromatic rings. The smallest absolute Gasteiger partial charge is 0.121 e. The van der Waals surface area contributed by atoms with E-state index in [0.29, 0.717) is 6.04 Å². The van der Waals surface area contributed by atoms with Gasteiger partial charge in [-0.2, -0.15) is 0 Å². The topological polar surface area (TPSA) is 21.3 Å². The van der Waals surface area contributed by atoms with Crippen LogP contribution >= 0.6 is 11.6 Å². The number of aryl methyl sites for hydroxylation is 1. The zero-order chi connectivity index (χ0) is 15.2. The van der Waals surface area contributed by atoms with Gasteiger partial charge in [-0.25, -0.2) is 0 Å². The summed E-state index contributed by atoms with van der Waals surface area (Å²) >= 11 is 6.08. The van der Waals surface area contributed by atoms with Gasteiger partial charge in [0.1, 0.15) is 5.75 Å². The van der Waals surface area contributed by atoms with Gasteiger partial charge >= 0.3 is 0 Å². The van der Waals surface area contributed by atoms with E-state index >= 15 is 0 Å². The Morgan fingerprint density at radius 2 is 2.00 bits per heavy atom. The zero-order valence-electron chi connectivity index (χ0n) is 12.8. The predicted molar refractivity (Wildman–Crippen MR) is 89.1 cm³/mol. The lowest BCUT2D eigenvalue weighted by atomic mass is 10.0. The summed E-state index contributed by atoms with van der Waals surface area (Å²) in [5.74, 6) is 0.931. The lowest BCUT2D eigenvalue weighted by molar-refractivity contribution is 0.411. The Hall–Kier alpha value is -1.51. The molecule has 0 aliphatic carbocycles. The highest BCUT2D eigenvalue weighted by atomic mass is 35.5. The fraction of sp³-hybridized carbons (Fsp3) is 0.333. The van der Waals surface area contributed by atoms with E-state index in [1.807, 2.05) is 24.3 Å². The van der Waals surface area contributed by atoms with Gasteiger partial charge in [-0.15, -0.1) is 0 Å².